The summed E-state index contributed by atoms with van der Waals surface area (Å²) in [6, 6.07) is 2.68. The summed E-state index contributed by atoms with van der Waals surface area (Å²) in [4.78, 5) is 11.0. The van der Waals surface area contributed by atoms with Gasteiger partial charge in [-0.1, -0.05) is 0 Å². The second-order valence-corrected chi connectivity index (χ2v) is 4.18. The molecule has 13 heavy (non-hydrogen) atoms. The molecule has 0 aliphatic rings. The number of ether oxygens (including phenoxy) is 1. The van der Waals surface area contributed by atoms with Crippen LogP contribution in [0.2, 0.25) is 0 Å². The van der Waals surface area contributed by atoms with Crippen LogP contribution < -0.4 is 0 Å². The summed E-state index contributed by atoms with van der Waals surface area (Å²) >= 11 is 4.99. The van der Waals surface area contributed by atoms with Crippen LogP contribution in [-0.2, 0) is 4.74 Å². The molecule has 0 aliphatic carbocycles. The third-order valence-corrected chi connectivity index (χ3v) is 3.87. The molecule has 1 aromatic rings. The average molecular weight is 359 g/mol. The van der Waals surface area contributed by atoms with Gasteiger partial charge < -0.3 is 4.74 Å². The van der Waals surface area contributed by atoms with Crippen LogP contribution >= 0.6 is 38.5 Å². The molecule has 0 aliphatic heterocycles. The molecule has 2 nitrogen and oxygen atoms in total. The fourth-order valence-electron chi connectivity index (χ4n) is 0.791. The molecule has 0 unspecified atom stereocenters. The van der Waals surface area contributed by atoms with Gasteiger partial charge in [0.05, 0.1) is 16.2 Å². The Morgan fingerprint density at radius 3 is 2.69 bits per heavy atom. The van der Waals surface area contributed by atoms with E-state index in [1.165, 1.54) is 13.2 Å². The lowest BCUT2D eigenvalue weighted by molar-refractivity contribution is 0.0600. The minimum Gasteiger partial charge on any atom is -0.465 e. The predicted molar refractivity (Wildman–Crippen MR) is 58.2 cm³/mol. The molecular formula is C8H5BrFIO2. The normalized spacial score (nSPS) is 9.85. The molecule has 0 radical (unpaired) electrons. The van der Waals surface area contributed by atoms with E-state index in [0.717, 1.165) is 6.07 Å². The van der Waals surface area contributed by atoms with E-state index in [1.54, 1.807) is 0 Å². The lowest BCUT2D eigenvalue weighted by Gasteiger charge is -2.02. The molecule has 0 N–H and O–H groups in total. The van der Waals surface area contributed by atoms with Gasteiger partial charge in [-0.2, -0.15) is 0 Å². The quantitative estimate of drug-likeness (QED) is 0.438. The maximum atomic E-state index is 13.1. The minimum atomic E-state index is -0.545. The zero-order valence-electron chi connectivity index (χ0n) is 6.61. The van der Waals surface area contributed by atoms with Crippen LogP contribution in [0.15, 0.2) is 16.6 Å². The zero-order valence-corrected chi connectivity index (χ0v) is 10.3. The highest BCUT2D eigenvalue weighted by Crippen LogP contribution is 2.23. The van der Waals surface area contributed by atoms with Crippen molar-refractivity contribution in [3.63, 3.8) is 0 Å². The van der Waals surface area contributed by atoms with Crippen LogP contribution in [0.3, 0.4) is 0 Å². The number of carbonyl (C=O) groups excluding carboxylic acids is 1. The Kier molecular flexibility index (Phi) is 3.66. The average Bonchev–Trinajstić information content (AvgIpc) is 2.12. The van der Waals surface area contributed by atoms with Gasteiger partial charge in [0.15, 0.2) is 0 Å². The van der Waals surface area contributed by atoms with Gasteiger partial charge >= 0.3 is 5.97 Å². The number of halogens is 3. The van der Waals surface area contributed by atoms with Crippen LogP contribution in [0.4, 0.5) is 4.39 Å². The number of rotatable bonds is 1. The fourth-order valence-corrected chi connectivity index (χ4v) is 1.54. The predicted octanol–water partition coefficient (Wildman–Crippen LogP) is 2.98. The smallest absolute Gasteiger partial charge is 0.337 e. The molecule has 0 heterocycles. The number of carbonyl (C=O) groups is 1. The van der Waals surface area contributed by atoms with Crippen molar-refractivity contribution in [3.05, 3.63) is 31.6 Å². The van der Waals surface area contributed by atoms with E-state index in [4.69, 9.17) is 0 Å². The topological polar surface area (TPSA) is 26.3 Å². The molecule has 5 heteroatoms. The van der Waals surface area contributed by atoms with E-state index in [9.17, 15) is 9.18 Å². The first kappa shape index (κ1) is 10.9. The van der Waals surface area contributed by atoms with Crippen LogP contribution in [0, 0.1) is 9.39 Å². The molecule has 0 aromatic heterocycles. The number of esters is 1. The highest BCUT2D eigenvalue weighted by Gasteiger charge is 2.11. The Morgan fingerprint density at radius 1 is 1.62 bits per heavy atom. The highest BCUT2D eigenvalue weighted by molar-refractivity contribution is 14.1. The summed E-state index contributed by atoms with van der Waals surface area (Å²) in [7, 11) is 1.26. The van der Waals surface area contributed by atoms with Gasteiger partial charge in [0.2, 0.25) is 0 Å². The van der Waals surface area contributed by atoms with E-state index < -0.39 is 11.8 Å². The Bertz CT molecular complexity index is 331. The van der Waals surface area contributed by atoms with E-state index in [2.05, 4.69) is 20.7 Å². The zero-order chi connectivity index (χ0) is 10.0. The maximum Gasteiger partial charge on any atom is 0.337 e. The molecule has 0 bridgehead atoms. The van der Waals surface area contributed by atoms with Crippen molar-refractivity contribution in [2.75, 3.05) is 7.11 Å². The highest BCUT2D eigenvalue weighted by atomic mass is 127. The van der Waals surface area contributed by atoms with E-state index in [1.807, 2.05) is 22.6 Å². The summed E-state index contributed by atoms with van der Waals surface area (Å²) in [5.74, 6) is -0.980. The maximum absolute atomic E-state index is 13.1. The molecular weight excluding hydrogens is 354 g/mol. The Morgan fingerprint density at radius 2 is 2.23 bits per heavy atom. The van der Waals surface area contributed by atoms with Crippen LogP contribution in [-0.4, -0.2) is 13.1 Å². The van der Waals surface area contributed by atoms with Crippen LogP contribution in [0.5, 0.6) is 0 Å². The lowest BCUT2D eigenvalue weighted by Crippen LogP contribution is -2.02. The van der Waals surface area contributed by atoms with Crippen molar-refractivity contribution in [2.45, 2.75) is 0 Å². The number of hydrogen-bond donors (Lipinski definition) is 0. The van der Waals surface area contributed by atoms with Gasteiger partial charge in [-0.3, -0.25) is 0 Å². The van der Waals surface area contributed by atoms with Gasteiger partial charge in [0.25, 0.3) is 0 Å². The molecule has 1 rings (SSSR count). The van der Waals surface area contributed by atoms with Crippen LogP contribution in [0.1, 0.15) is 10.4 Å². The Balaban J connectivity index is 3.20. The number of benzene rings is 1. The monoisotopic (exact) mass is 358 g/mol. The summed E-state index contributed by atoms with van der Waals surface area (Å²) in [6.45, 7) is 0. The van der Waals surface area contributed by atoms with Crippen molar-refractivity contribution >= 4 is 44.5 Å². The number of methoxy groups -OCH3 is 1. The van der Waals surface area contributed by atoms with Gasteiger partial charge in [0.1, 0.15) is 5.82 Å². The van der Waals surface area contributed by atoms with Crippen molar-refractivity contribution in [1.82, 2.24) is 0 Å². The molecule has 70 valence electrons. The third-order valence-electron chi connectivity index (χ3n) is 1.40. The first-order valence-corrected chi connectivity index (χ1v) is 5.16. The summed E-state index contributed by atoms with van der Waals surface area (Å²) in [5, 5.41) is 0. The van der Waals surface area contributed by atoms with Crippen molar-refractivity contribution in [2.24, 2.45) is 0 Å². The summed E-state index contributed by atoms with van der Waals surface area (Å²) in [6.07, 6.45) is 0. The molecule has 0 spiro atoms. The van der Waals surface area contributed by atoms with Crippen molar-refractivity contribution in [3.8, 4) is 0 Å². The molecule has 0 amide bonds. The first-order chi connectivity index (χ1) is 6.06. The van der Waals surface area contributed by atoms with Crippen LogP contribution in [0.25, 0.3) is 0 Å². The molecule has 0 fully saturated rings. The fraction of sp³-hybridized carbons (Fsp3) is 0.125. The van der Waals surface area contributed by atoms with Gasteiger partial charge in [-0.25, -0.2) is 9.18 Å². The Hall–Kier alpha value is -0.170. The lowest BCUT2D eigenvalue weighted by atomic mass is 10.2. The minimum absolute atomic E-state index is 0.201. The third kappa shape index (κ3) is 2.40. The second-order valence-electron chi connectivity index (χ2n) is 2.25. The standard InChI is InChI=1S/C8H5BrFIO2/c1-13-8(12)4-2-5(9)7(11)6(10)3-4/h2-3H,1H3. The van der Waals surface area contributed by atoms with E-state index in [0.29, 0.717) is 8.04 Å². The van der Waals surface area contributed by atoms with Gasteiger partial charge in [-0.15, -0.1) is 0 Å². The molecule has 0 saturated carbocycles. The first-order valence-electron chi connectivity index (χ1n) is 3.29. The summed E-state index contributed by atoms with van der Waals surface area (Å²) < 4.78 is 18.5. The molecule has 1 aromatic carbocycles. The second kappa shape index (κ2) is 4.36. The van der Waals surface area contributed by atoms with Gasteiger partial charge in [0, 0.05) is 4.47 Å². The number of hydrogen-bond acceptors (Lipinski definition) is 2. The molecule has 0 atom stereocenters. The van der Waals surface area contributed by atoms with E-state index in [-0.39, 0.29) is 5.56 Å². The van der Waals surface area contributed by atoms with E-state index >= 15 is 0 Å². The van der Waals surface area contributed by atoms with Crippen molar-refractivity contribution < 1.29 is 13.9 Å². The van der Waals surface area contributed by atoms with Gasteiger partial charge in [-0.05, 0) is 50.7 Å². The van der Waals surface area contributed by atoms with Crippen molar-refractivity contribution in [1.29, 1.82) is 0 Å². The Labute approximate surface area is 96.7 Å². The SMILES string of the molecule is COC(=O)c1cc(F)c(I)c(Br)c1. The summed E-state index contributed by atoms with van der Waals surface area (Å²) in [5.41, 5.74) is 0.201. The molecule has 0 saturated heterocycles. The largest absolute Gasteiger partial charge is 0.465 e.